The molecule has 0 atom stereocenters. The van der Waals surface area contributed by atoms with Crippen molar-refractivity contribution in [2.75, 3.05) is 26.7 Å². The fourth-order valence-electron chi connectivity index (χ4n) is 1.82. The molecule has 1 aromatic rings. The van der Waals surface area contributed by atoms with Crippen molar-refractivity contribution in [3.63, 3.8) is 0 Å². The quantitative estimate of drug-likeness (QED) is 0.695. The van der Waals surface area contributed by atoms with Gasteiger partial charge in [0.15, 0.2) is 0 Å². The Morgan fingerprint density at radius 3 is 2.47 bits per heavy atom. The zero-order chi connectivity index (χ0) is 12.5. The highest BCUT2D eigenvalue weighted by Crippen LogP contribution is 2.00. The summed E-state index contributed by atoms with van der Waals surface area (Å²) >= 11 is 0. The van der Waals surface area contributed by atoms with Crippen molar-refractivity contribution in [2.45, 2.75) is 32.7 Å². The van der Waals surface area contributed by atoms with E-state index in [2.05, 4.69) is 61.4 Å². The third kappa shape index (κ3) is 7.14. The first-order valence-electron chi connectivity index (χ1n) is 6.64. The lowest BCUT2D eigenvalue weighted by atomic mass is 10.1. The molecule has 1 aromatic carbocycles. The minimum absolute atomic E-state index is 0.602. The summed E-state index contributed by atoms with van der Waals surface area (Å²) in [5.74, 6) is 0. The molecule has 2 nitrogen and oxygen atoms in total. The van der Waals surface area contributed by atoms with Crippen LogP contribution >= 0.6 is 0 Å². The summed E-state index contributed by atoms with van der Waals surface area (Å²) in [6, 6.07) is 11.3. The van der Waals surface area contributed by atoms with E-state index in [1.54, 1.807) is 0 Å². The Balaban J connectivity index is 2.07. The van der Waals surface area contributed by atoms with E-state index in [1.165, 1.54) is 18.5 Å². The molecule has 17 heavy (non-hydrogen) atoms. The summed E-state index contributed by atoms with van der Waals surface area (Å²) in [6.45, 7) is 7.82. The van der Waals surface area contributed by atoms with Crippen LogP contribution in [0.5, 0.6) is 0 Å². The van der Waals surface area contributed by atoms with Crippen LogP contribution in [0, 0.1) is 0 Å². The van der Waals surface area contributed by atoms with Gasteiger partial charge in [-0.05, 0) is 38.5 Å². The SMILES string of the molecule is CC(C)NCCCN(C)CCc1ccccc1. The van der Waals surface area contributed by atoms with Crippen LogP contribution in [0.2, 0.25) is 0 Å². The molecular formula is C15H26N2. The van der Waals surface area contributed by atoms with Crippen molar-refractivity contribution in [3.05, 3.63) is 35.9 Å². The zero-order valence-corrected chi connectivity index (χ0v) is 11.4. The number of nitrogens with one attached hydrogen (secondary N) is 1. The summed E-state index contributed by atoms with van der Waals surface area (Å²) in [5.41, 5.74) is 1.43. The van der Waals surface area contributed by atoms with Crippen LogP contribution in [-0.4, -0.2) is 37.6 Å². The average Bonchev–Trinajstić information content (AvgIpc) is 2.33. The van der Waals surface area contributed by atoms with Crippen molar-refractivity contribution in [1.82, 2.24) is 10.2 Å². The molecule has 0 aliphatic carbocycles. The van der Waals surface area contributed by atoms with Gasteiger partial charge in [0.25, 0.3) is 0 Å². The molecule has 0 amide bonds. The summed E-state index contributed by atoms with van der Waals surface area (Å²) in [4.78, 5) is 2.41. The van der Waals surface area contributed by atoms with Gasteiger partial charge in [0.2, 0.25) is 0 Å². The van der Waals surface area contributed by atoms with Crippen LogP contribution in [0.1, 0.15) is 25.8 Å². The van der Waals surface area contributed by atoms with Gasteiger partial charge in [-0.1, -0.05) is 44.2 Å². The number of nitrogens with zero attached hydrogens (tertiary/aromatic N) is 1. The molecule has 0 unspecified atom stereocenters. The first-order valence-corrected chi connectivity index (χ1v) is 6.64. The summed E-state index contributed by atoms with van der Waals surface area (Å²) in [6.07, 6.45) is 2.37. The van der Waals surface area contributed by atoms with Gasteiger partial charge in [0.05, 0.1) is 0 Å². The van der Waals surface area contributed by atoms with Crippen LogP contribution in [0.3, 0.4) is 0 Å². The Kier molecular flexibility index (Phi) is 6.90. The molecule has 0 heterocycles. The summed E-state index contributed by atoms with van der Waals surface area (Å²) < 4.78 is 0. The van der Waals surface area contributed by atoms with E-state index in [9.17, 15) is 0 Å². The first kappa shape index (κ1) is 14.2. The van der Waals surface area contributed by atoms with Gasteiger partial charge in [0.1, 0.15) is 0 Å². The van der Waals surface area contributed by atoms with E-state index >= 15 is 0 Å². The molecule has 0 saturated carbocycles. The maximum Gasteiger partial charge on any atom is 0.00188 e. The molecule has 0 aromatic heterocycles. The predicted molar refractivity (Wildman–Crippen MR) is 75.4 cm³/mol. The summed E-state index contributed by atoms with van der Waals surface area (Å²) in [7, 11) is 2.21. The molecule has 1 rings (SSSR count). The van der Waals surface area contributed by atoms with Crippen molar-refractivity contribution in [2.24, 2.45) is 0 Å². The number of hydrogen-bond acceptors (Lipinski definition) is 2. The van der Waals surface area contributed by atoms with E-state index in [-0.39, 0.29) is 0 Å². The highest BCUT2D eigenvalue weighted by atomic mass is 15.1. The van der Waals surface area contributed by atoms with E-state index in [0.29, 0.717) is 6.04 Å². The number of benzene rings is 1. The van der Waals surface area contributed by atoms with Crippen molar-refractivity contribution >= 4 is 0 Å². The third-order valence-electron chi connectivity index (χ3n) is 2.89. The van der Waals surface area contributed by atoms with E-state index in [4.69, 9.17) is 0 Å². The van der Waals surface area contributed by atoms with Gasteiger partial charge in [-0.25, -0.2) is 0 Å². The molecule has 96 valence electrons. The Labute approximate surface area is 106 Å². The normalized spacial score (nSPS) is 11.4. The monoisotopic (exact) mass is 234 g/mol. The highest BCUT2D eigenvalue weighted by Gasteiger charge is 1.99. The molecule has 0 spiro atoms. The van der Waals surface area contributed by atoms with E-state index in [0.717, 1.165) is 19.5 Å². The lowest BCUT2D eigenvalue weighted by molar-refractivity contribution is 0.329. The Bertz CT molecular complexity index is 282. The number of likely N-dealkylation sites (N-methyl/N-ethyl adjacent to an activating group) is 1. The molecule has 1 N–H and O–H groups in total. The maximum absolute atomic E-state index is 3.45. The average molecular weight is 234 g/mol. The largest absolute Gasteiger partial charge is 0.314 e. The molecule has 0 aliphatic heterocycles. The molecule has 0 bridgehead atoms. The molecule has 0 fully saturated rings. The van der Waals surface area contributed by atoms with Gasteiger partial charge in [-0.3, -0.25) is 0 Å². The second-order valence-electron chi connectivity index (χ2n) is 5.00. The maximum atomic E-state index is 3.45. The van der Waals surface area contributed by atoms with Crippen LogP contribution < -0.4 is 5.32 Å². The smallest absolute Gasteiger partial charge is 0.00188 e. The summed E-state index contributed by atoms with van der Waals surface area (Å²) in [5, 5.41) is 3.45. The van der Waals surface area contributed by atoms with Gasteiger partial charge in [-0.2, -0.15) is 0 Å². The molecule has 0 aliphatic rings. The van der Waals surface area contributed by atoms with Crippen LogP contribution in [0.15, 0.2) is 30.3 Å². The van der Waals surface area contributed by atoms with Crippen molar-refractivity contribution in [1.29, 1.82) is 0 Å². The second kappa shape index (κ2) is 8.26. The Hall–Kier alpha value is -0.860. The van der Waals surface area contributed by atoms with Gasteiger partial charge >= 0.3 is 0 Å². The lowest BCUT2D eigenvalue weighted by Crippen LogP contribution is -2.28. The van der Waals surface area contributed by atoms with E-state index < -0.39 is 0 Å². The standard InChI is InChI=1S/C15H26N2/c1-14(2)16-11-7-12-17(3)13-10-15-8-5-4-6-9-15/h4-6,8-9,14,16H,7,10-13H2,1-3H3. The second-order valence-corrected chi connectivity index (χ2v) is 5.00. The number of rotatable bonds is 8. The number of hydrogen-bond donors (Lipinski definition) is 1. The molecular weight excluding hydrogens is 208 g/mol. The van der Waals surface area contributed by atoms with Crippen LogP contribution in [-0.2, 0) is 6.42 Å². The minimum atomic E-state index is 0.602. The van der Waals surface area contributed by atoms with Crippen molar-refractivity contribution < 1.29 is 0 Å². The van der Waals surface area contributed by atoms with Gasteiger partial charge in [-0.15, -0.1) is 0 Å². The zero-order valence-electron chi connectivity index (χ0n) is 11.4. The van der Waals surface area contributed by atoms with Gasteiger partial charge < -0.3 is 10.2 Å². The van der Waals surface area contributed by atoms with Gasteiger partial charge in [0, 0.05) is 12.6 Å². The Morgan fingerprint density at radius 2 is 1.82 bits per heavy atom. The molecule has 2 heteroatoms. The van der Waals surface area contributed by atoms with Crippen LogP contribution in [0.25, 0.3) is 0 Å². The van der Waals surface area contributed by atoms with Crippen molar-refractivity contribution in [3.8, 4) is 0 Å². The topological polar surface area (TPSA) is 15.3 Å². The Morgan fingerprint density at radius 1 is 1.12 bits per heavy atom. The van der Waals surface area contributed by atoms with Crippen LogP contribution in [0.4, 0.5) is 0 Å². The first-order chi connectivity index (χ1) is 8.18. The highest BCUT2D eigenvalue weighted by molar-refractivity contribution is 5.14. The predicted octanol–water partition coefficient (Wildman–Crippen LogP) is 2.55. The lowest BCUT2D eigenvalue weighted by Gasteiger charge is -2.17. The van der Waals surface area contributed by atoms with E-state index in [1.807, 2.05) is 0 Å². The third-order valence-corrected chi connectivity index (χ3v) is 2.89. The fraction of sp³-hybridized carbons (Fsp3) is 0.600. The fourth-order valence-corrected chi connectivity index (χ4v) is 1.82. The molecule has 0 saturated heterocycles. The molecule has 0 radical (unpaired) electrons. The minimum Gasteiger partial charge on any atom is -0.314 e.